The summed E-state index contributed by atoms with van der Waals surface area (Å²) in [4.78, 5) is 23.1. The third kappa shape index (κ3) is 7.06. The number of benzene rings is 3. The van der Waals surface area contributed by atoms with Gasteiger partial charge in [-0.25, -0.2) is 0 Å². The molecule has 1 aliphatic carbocycles. The van der Waals surface area contributed by atoms with Gasteiger partial charge in [-0.3, -0.25) is 14.3 Å². The zero-order chi connectivity index (χ0) is 28.9. The molecule has 0 fully saturated rings. The van der Waals surface area contributed by atoms with Gasteiger partial charge in [-0.15, -0.1) is 11.6 Å². The number of hydrogen-bond acceptors (Lipinski definition) is 4. The van der Waals surface area contributed by atoms with Gasteiger partial charge < -0.3 is 15.5 Å². The monoisotopic (exact) mass is 587 g/mol. The number of rotatable bonds is 9. The maximum absolute atomic E-state index is 12.3. The second-order valence-corrected chi connectivity index (χ2v) is 10.7. The molecule has 1 unspecified atom stereocenters. The van der Waals surface area contributed by atoms with Crippen molar-refractivity contribution < 1.29 is 19.8 Å². The van der Waals surface area contributed by atoms with Crippen LogP contribution in [0.5, 0.6) is 5.75 Å². The number of phenols is 1. The van der Waals surface area contributed by atoms with Gasteiger partial charge in [0.25, 0.3) is 5.91 Å². The number of carbonyl (C=O) groups is 2. The zero-order valence-electron chi connectivity index (χ0n) is 21.9. The Morgan fingerprint density at radius 1 is 0.976 bits per heavy atom. The molecule has 41 heavy (non-hydrogen) atoms. The van der Waals surface area contributed by atoms with Crippen LogP contribution >= 0.6 is 23.2 Å². The highest BCUT2D eigenvalue weighted by molar-refractivity contribution is 6.33. The number of allylic oxidation sites excluding steroid dienone is 4. The Morgan fingerprint density at radius 3 is 2.39 bits per heavy atom. The Morgan fingerprint density at radius 2 is 1.71 bits per heavy atom. The first kappa shape index (κ1) is 28.2. The lowest BCUT2D eigenvalue weighted by atomic mass is 10.00. The summed E-state index contributed by atoms with van der Waals surface area (Å²) in [6, 6.07) is 24.4. The first-order chi connectivity index (χ1) is 19.7. The molecule has 0 spiro atoms. The van der Waals surface area contributed by atoms with E-state index in [1.807, 2.05) is 71.4 Å². The molecule has 3 N–H and O–H groups in total. The average Bonchev–Trinajstić information content (AvgIpc) is 3.36. The van der Waals surface area contributed by atoms with Crippen molar-refractivity contribution in [1.82, 2.24) is 15.1 Å². The molecule has 0 saturated carbocycles. The van der Waals surface area contributed by atoms with Crippen molar-refractivity contribution >= 4 is 40.7 Å². The van der Waals surface area contributed by atoms with Crippen molar-refractivity contribution in [2.24, 2.45) is 0 Å². The Labute approximate surface area is 247 Å². The van der Waals surface area contributed by atoms with Gasteiger partial charge in [0, 0.05) is 17.1 Å². The lowest BCUT2D eigenvalue weighted by molar-refractivity contribution is -0.136. The molecule has 0 radical (unpaired) electrons. The number of aromatic nitrogens is 2. The topological polar surface area (TPSA) is 104 Å². The molecule has 1 aromatic heterocycles. The van der Waals surface area contributed by atoms with Crippen LogP contribution in [0.1, 0.15) is 34.5 Å². The average molecular weight is 588 g/mol. The molecular formula is C32H27Cl2N3O4. The molecule has 1 heterocycles. The van der Waals surface area contributed by atoms with Gasteiger partial charge in [0.15, 0.2) is 0 Å². The van der Waals surface area contributed by atoms with Gasteiger partial charge in [0.2, 0.25) is 0 Å². The minimum atomic E-state index is -0.965. The van der Waals surface area contributed by atoms with Gasteiger partial charge in [0.1, 0.15) is 5.75 Å². The summed E-state index contributed by atoms with van der Waals surface area (Å²) in [5.41, 5.74) is 6.86. The fraction of sp³-hybridized carbons (Fsp3) is 0.156. The van der Waals surface area contributed by atoms with E-state index in [1.54, 1.807) is 24.3 Å². The Hall–Kier alpha value is -4.33. The first-order valence-electron chi connectivity index (χ1n) is 13.0. The molecule has 1 aliphatic rings. The minimum absolute atomic E-state index is 0.0672. The number of amides is 1. The van der Waals surface area contributed by atoms with E-state index in [0.717, 1.165) is 39.2 Å². The summed E-state index contributed by atoms with van der Waals surface area (Å²) < 4.78 is 1.91. The predicted octanol–water partition coefficient (Wildman–Crippen LogP) is 6.69. The number of halogens is 2. The first-order valence-corrected chi connectivity index (χ1v) is 13.9. The molecule has 0 aliphatic heterocycles. The Balaban J connectivity index is 1.43. The zero-order valence-corrected chi connectivity index (χ0v) is 23.4. The van der Waals surface area contributed by atoms with Crippen LogP contribution in [0.3, 0.4) is 0 Å². The summed E-state index contributed by atoms with van der Waals surface area (Å²) in [5.74, 6) is -1.08. The number of nitrogens with zero attached hydrogens (tertiary/aromatic N) is 2. The SMILES string of the molecule is O=C(O)CCNC(=O)c1ccc(Cn2nc(C3=CC(Cl)=CC(Cl)C3)cc2-c2ccc(-c3cccc(O)c3)cc2)cc1. The van der Waals surface area contributed by atoms with Gasteiger partial charge >= 0.3 is 5.97 Å². The summed E-state index contributed by atoms with van der Waals surface area (Å²) in [7, 11) is 0. The van der Waals surface area contributed by atoms with Crippen molar-refractivity contribution in [2.45, 2.75) is 24.8 Å². The second kappa shape index (κ2) is 12.5. The smallest absolute Gasteiger partial charge is 0.305 e. The highest BCUT2D eigenvalue weighted by Gasteiger charge is 2.19. The van der Waals surface area contributed by atoms with Crippen molar-refractivity contribution in [3.05, 3.63) is 113 Å². The van der Waals surface area contributed by atoms with E-state index in [2.05, 4.69) is 5.32 Å². The number of hydrogen-bond donors (Lipinski definition) is 3. The fourth-order valence-electron chi connectivity index (χ4n) is 4.66. The maximum Gasteiger partial charge on any atom is 0.305 e. The molecule has 208 valence electrons. The number of aliphatic carboxylic acids is 1. The van der Waals surface area contributed by atoms with Gasteiger partial charge in [-0.05, 0) is 76.7 Å². The molecule has 7 nitrogen and oxygen atoms in total. The van der Waals surface area contributed by atoms with E-state index in [9.17, 15) is 14.7 Å². The van der Waals surface area contributed by atoms with Crippen LogP contribution in [-0.4, -0.2) is 43.8 Å². The third-order valence-electron chi connectivity index (χ3n) is 6.71. The quantitative estimate of drug-likeness (QED) is 0.189. The summed E-state index contributed by atoms with van der Waals surface area (Å²) in [6.07, 6.45) is 4.17. The maximum atomic E-state index is 12.3. The number of carbonyl (C=O) groups excluding carboxylic acids is 1. The van der Waals surface area contributed by atoms with Crippen molar-refractivity contribution in [3.63, 3.8) is 0 Å². The molecule has 0 saturated heterocycles. The highest BCUT2D eigenvalue weighted by Crippen LogP contribution is 2.33. The van der Waals surface area contributed by atoms with E-state index in [-0.39, 0.29) is 30.0 Å². The van der Waals surface area contributed by atoms with Crippen LogP contribution in [0.2, 0.25) is 0 Å². The number of alkyl halides is 1. The Bertz CT molecular complexity index is 1640. The lowest BCUT2D eigenvalue weighted by Gasteiger charge is -2.13. The number of phenolic OH excluding ortho intramolecular Hbond substituents is 1. The molecule has 3 aromatic carbocycles. The van der Waals surface area contributed by atoms with E-state index >= 15 is 0 Å². The molecule has 9 heteroatoms. The third-order valence-corrected chi connectivity index (χ3v) is 7.22. The molecule has 4 aromatic rings. The molecule has 1 atom stereocenters. The summed E-state index contributed by atoms with van der Waals surface area (Å²) in [6.45, 7) is 0.517. The van der Waals surface area contributed by atoms with E-state index in [1.165, 1.54) is 0 Å². The van der Waals surface area contributed by atoms with Crippen LogP contribution < -0.4 is 5.32 Å². The molecule has 0 bridgehead atoms. The number of carboxylic acids is 1. The standard InChI is InChI=1S/C32H27Cl2N3O4/c33-26-14-25(15-27(34)17-26)29-18-30(22-10-8-21(9-11-22)24-2-1-3-28(38)16-24)37(36-29)19-20-4-6-23(7-5-20)32(41)35-13-12-31(39)40/h1-11,14,16-18,27,38H,12-13,15,19H2,(H,35,41)(H,39,40). The highest BCUT2D eigenvalue weighted by atomic mass is 35.5. The number of aromatic hydroxyl groups is 1. The van der Waals surface area contributed by atoms with Crippen LogP contribution in [0, 0.1) is 0 Å². The van der Waals surface area contributed by atoms with Crippen molar-refractivity contribution in [1.29, 1.82) is 0 Å². The van der Waals surface area contributed by atoms with Crippen molar-refractivity contribution in [2.75, 3.05) is 6.54 Å². The number of carboxylic acid groups (broad SMARTS) is 1. The van der Waals surface area contributed by atoms with E-state index in [4.69, 9.17) is 33.4 Å². The predicted molar refractivity (Wildman–Crippen MR) is 161 cm³/mol. The van der Waals surface area contributed by atoms with E-state index in [0.29, 0.717) is 23.6 Å². The lowest BCUT2D eigenvalue weighted by Crippen LogP contribution is -2.25. The molecular weight excluding hydrogens is 561 g/mol. The second-order valence-electron chi connectivity index (χ2n) is 9.74. The van der Waals surface area contributed by atoms with Crippen LogP contribution in [0.4, 0.5) is 0 Å². The van der Waals surface area contributed by atoms with Gasteiger partial charge in [0.05, 0.1) is 29.7 Å². The number of nitrogens with one attached hydrogen (secondary N) is 1. The van der Waals surface area contributed by atoms with Crippen LogP contribution in [0.15, 0.2) is 96.0 Å². The minimum Gasteiger partial charge on any atom is -0.508 e. The van der Waals surface area contributed by atoms with Crippen molar-refractivity contribution in [3.8, 4) is 28.1 Å². The Kier molecular flexibility index (Phi) is 8.57. The largest absolute Gasteiger partial charge is 0.508 e. The van der Waals surface area contributed by atoms with Gasteiger partial charge in [-0.2, -0.15) is 5.10 Å². The van der Waals surface area contributed by atoms with Gasteiger partial charge in [-0.1, -0.05) is 60.1 Å². The normalized spacial score (nSPS) is 14.7. The van der Waals surface area contributed by atoms with E-state index < -0.39 is 5.97 Å². The fourth-order valence-corrected chi connectivity index (χ4v) is 5.31. The molecule has 5 rings (SSSR count). The summed E-state index contributed by atoms with van der Waals surface area (Å²) in [5, 5.41) is 26.5. The molecule has 1 amide bonds. The van der Waals surface area contributed by atoms with Crippen LogP contribution in [0.25, 0.3) is 28.0 Å². The van der Waals surface area contributed by atoms with Crippen LogP contribution in [-0.2, 0) is 11.3 Å². The summed E-state index contributed by atoms with van der Waals surface area (Å²) >= 11 is 12.7.